The van der Waals surface area contributed by atoms with Gasteiger partial charge in [0, 0.05) is 39.8 Å². The van der Waals surface area contributed by atoms with E-state index in [2.05, 4.69) is 11.0 Å². The average molecular weight is 362 g/mol. The topological polar surface area (TPSA) is 32.8 Å². The normalized spacial score (nSPS) is 20.7. The number of carbonyl (C=O) groups is 1. The fraction of sp³-hybridized carbons (Fsp3) is 0.667. The second kappa shape index (κ2) is 8.49. The van der Waals surface area contributed by atoms with Crippen LogP contribution in [-0.4, -0.2) is 55.6 Å². The van der Waals surface area contributed by atoms with Crippen molar-refractivity contribution in [3.05, 3.63) is 35.1 Å². The number of benzene rings is 1. The standard InChI is InChI=1S/C21H31FN2O2/c1-17-12-18(14-19(22)13-17)15-23-9-6-21(7-10-23)5-4-20(25)24(16-21)8-3-11-26-2/h12-14H,3-11,15-16H2,1-2H3. The summed E-state index contributed by atoms with van der Waals surface area (Å²) in [5.41, 5.74) is 2.31. The maximum Gasteiger partial charge on any atom is 0.222 e. The minimum absolute atomic E-state index is 0.147. The number of methoxy groups -OCH3 is 1. The van der Waals surface area contributed by atoms with Crippen LogP contribution in [0.1, 0.15) is 43.2 Å². The number of aryl methyl sites for hydroxylation is 1. The number of amides is 1. The Bertz CT molecular complexity index is 606. The Morgan fingerprint density at radius 1 is 1.19 bits per heavy atom. The number of carbonyl (C=O) groups excluding carboxylic acids is 1. The Hall–Kier alpha value is -1.46. The number of hydrogen-bond acceptors (Lipinski definition) is 3. The molecule has 0 radical (unpaired) electrons. The van der Waals surface area contributed by atoms with Crippen LogP contribution in [0.2, 0.25) is 0 Å². The summed E-state index contributed by atoms with van der Waals surface area (Å²) in [6.07, 6.45) is 4.84. The summed E-state index contributed by atoms with van der Waals surface area (Å²) in [4.78, 5) is 16.7. The highest BCUT2D eigenvalue weighted by atomic mass is 19.1. The summed E-state index contributed by atoms with van der Waals surface area (Å²) < 4.78 is 18.7. The van der Waals surface area contributed by atoms with Crippen molar-refractivity contribution in [1.82, 2.24) is 9.80 Å². The van der Waals surface area contributed by atoms with Crippen molar-refractivity contribution in [2.24, 2.45) is 5.41 Å². The van der Waals surface area contributed by atoms with Crippen molar-refractivity contribution in [3.63, 3.8) is 0 Å². The van der Waals surface area contributed by atoms with Gasteiger partial charge in [-0.3, -0.25) is 9.69 Å². The lowest BCUT2D eigenvalue weighted by Crippen LogP contribution is -2.51. The monoisotopic (exact) mass is 362 g/mol. The van der Waals surface area contributed by atoms with E-state index in [1.165, 1.54) is 0 Å². The van der Waals surface area contributed by atoms with Gasteiger partial charge in [0.25, 0.3) is 0 Å². The van der Waals surface area contributed by atoms with Crippen molar-refractivity contribution in [2.75, 3.05) is 39.9 Å². The summed E-state index contributed by atoms with van der Waals surface area (Å²) in [5.74, 6) is 0.148. The first-order valence-electron chi connectivity index (χ1n) is 9.75. The van der Waals surface area contributed by atoms with Crippen LogP contribution in [0.5, 0.6) is 0 Å². The lowest BCUT2D eigenvalue weighted by Gasteiger charge is -2.47. The first-order chi connectivity index (χ1) is 12.5. The van der Waals surface area contributed by atoms with Gasteiger partial charge in [-0.15, -0.1) is 0 Å². The zero-order valence-corrected chi connectivity index (χ0v) is 16.1. The van der Waals surface area contributed by atoms with Gasteiger partial charge < -0.3 is 9.64 Å². The van der Waals surface area contributed by atoms with E-state index >= 15 is 0 Å². The van der Waals surface area contributed by atoms with E-state index in [9.17, 15) is 9.18 Å². The summed E-state index contributed by atoms with van der Waals surface area (Å²) in [7, 11) is 1.70. The van der Waals surface area contributed by atoms with Gasteiger partial charge in [0.1, 0.15) is 5.82 Å². The summed E-state index contributed by atoms with van der Waals surface area (Å²) in [6, 6.07) is 5.30. The molecule has 2 fully saturated rings. The molecular weight excluding hydrogens is 331 g/mol. The predicted molar refractivity (Wildman–Crippen MR) is 100 cm³/mol. The third-order valence-corrected chi connectivity index (χ3v) is 5.95. The molecule has 26 heavy (non-hydrogen) atoms. The van der Waals surface area contributed by atoms with Gasteiger partial charge in [-0.25, -0.2) is 4.39 Å². The molecule has 0 N–H and O–H groups in total. The van der Waals surface area contributed by atoms with E-state index in [4.69, 9.17) is 4.74 Å². The van der Waals surface area contributed by atoms with Crippen LogP contribution in [0, 0.1) is 18.2 Å². The molecule has 0 atom stereocenters. The maximum absolute atomic E-state index is 13.6. The van der Waals surface area contributed by atoms with Crippen molar-refractivity contribution < 1.29 is 13.9 Å². The summed E-state index contributed by atoms with van der Waals surface area (Å²) in [5, 5.41) is 0. The Morgan fingerprint density at radius 3 is 2.65 bits per heavy atom. The van der Waals surface area contributed by atoms with Gasteiger partial charge in [-0.1, -0.05) is 6.07 Å². The minimum Gasteiger partial charge on any atom is -0.385 e. The zero-order chi connectivity index (χ0) is 18.6. The maximum atomic E-state index is 13.6. The van der Waals surface area contributed by atoms with Gasteiger partial charge in [-0.2, -0.15) is 0 Å². The molecule has 1 aromatic carbocycles. The number of rotatable bonds is 6. The fourth-order valence-electron chi connectivity index (χ4n) is 4.46. The lowest BCUT2D eigenvalue weighted by atomic mass is 9.72. The van der Waals surface area contributed by atoms with Gasteiger partial charge in [-0.05, 0) is 74.4 Å². The third kappa shape index (κ3) is 4.83. The molecule has 0 saturated carbocycles. The van der Waals surface area contributed by atoms with E-state index in [-0.39, 0.29) is 11.2 Å². The van der Waals surface area contributed by atoms with Gasteiger partial charge in [0.05, 0.1) is 0 Å². The van der Waals surface area contributed by atoms with Crippen LogP contribution < -0.4 is 0 Å². The SMILES string of the molecule is COCCCN1CC2(CCC1=O)CCN(Cc1cc(C)cc(F)c1)CC2. The Kier molecular flexibility index (Phi) is 6.30. The fourth-order valence-corrected chi connectivity index (χ4v) is 4.46. The second-order valence-corrected chi connectivity index (χ2v) is 8.07. The van der Waals surface area contributed by atoms with E-state index < -0.39 is 0 Å². The molecule has 2 aliphatic rings. The minimum atomic E-state index is -0.147. The van der Waals surface area contributed by atoms with Crippen LogP contribution in [0.25, 0.3) is 0 Å². The predicted octanol–water partition coefficient (Wildman–Crippen LogP) is 3.38. The molecule has 2 saturated heterocycles. The highest BCUT2D eigenvalue weighted by molar-refractivity contribution is 5.77. The van der Waals surface area contributed by atoms with Crippen molar-refractivity contribution in [2.45, 2.75) is 45.6 Å². The van der Waals surface area contributed by atoms with Crippen molar-refractivity contribution in [1.29, 1.82) is 0 Å². The van der Waals surface area contributed by atoms with E-state index in [0.717, 1.165) is 69.5 Å². The van der Waals surface area contributed by atoms with Crippen LogP contribution in [0.4, 0.5) is 4.39 Å². The molecule has 144 valence electrons. The Labute approximate surface area is 156 Å². The average Bonchev–Trinajstić information content (AvgIpc) is 2.60. The molecule has 3 rings (SSSR count). The first-order valence-corrected chi connectivity index (χ1v) is 9.75. The second-order valence-electron chi connectivity index (χ2n) is 8.07. The molecule has 1 amide bonds. The number of likely N-dealkylation sites (tertiary alicyclic amines) is 2. The van der Waals surface area contributed by atoms with Gasteiger partial charge in [0.2, 0.25) is 5.91 Å². The molecule has 1 spiro atoms. The molecule has 0 bridgehead atoms. The molecule has 5 heteroatoms. The molecule has 0 unspecified atom stereocenters. The number of piperidine rings is 2. The van der Waals surface area contributed by atoms with Crippen LogP contribution >= 0.6 is 0 Å². The highest BCUT2D eigenvalue weighted by Crippen LogP contribution is 2.40. The molecule has 2 aliphatic heterocycles. The van der Waals surface area contributed by atoms with E-state index in [1.807, 2.05) is 11.8 Å². The first kappa shape index (κ1) is 19.3. The zero-order valence-electron chi connectivity index (χ0n) is 16.1. The largest absolute Gasteiger partial charge is 0.385 e. The molecule has 1 aromatic rings. The smallest absolute Gasteiger partial charge is 0.222 e. The molecule has 2 heterocycles. The Morgan fingerprint density at radius 2 is 1.96 bits per heavy atom. The lowest BCUT2D eigenvalue weighted by molar-refractivity contribution is -0.139. The third-order valence-electron chi connectivity index (χ3n) is 5.95. The number of ether oxygens (including phenoxy) is 1. The summed E-state index contributed by atoms with van der Waals surface area (Å²) >= 11 is 0. The number of hydrogen-bond donors (Lipinski definition) is 0. The van der Waals surface area contributed by atoms with Crippen LogP contribution in [0.3, 0.4) is 0 Å². The molecular formula is C21H31FN2O2. The number of halogens is 1. The number of nitrogens with zero attached hydrogens (tertiary/aromatic N) is 2. The van der Waals surface area contributed by atoms with Crippen molar-refractivity contribution in [3.8, 4) is 0 Å². The molecule has 0 aromatic heterocycles. The van der Waals surface area contributed by atoms with Crippen LogP contribution in [0.15, 0.2) is 18.2 Å². The highest BCUT2D eigenvalue weighted by Gasteiger charge is 2.40. The molecule has 4 nitrogen and oxygen atoms in total. The van der Waals surface area contributed by atoms with Gasteiger partial charge in [0.15, 0.2) is 0 Å². The van der Waals surface area contributed by atoms with Crippen molar-refractivity contribution >= 4 is 5.91 Å². The van der Waals surface area contributed by atoms with Crippen LogP contribution in [-0.2, 0) is 16.1 Å². The van der Waals surface area contributed by atoms with E-state index in [0.29, 0.717) is 18.9 Å². The quantitative estimate of drug-likeness (QED) is 0.728. The summed E-state index contributed by atoms with van der Waals surface area (Å²) in [6.45, 7) is 7.20. The Balaban J connectivity index is 1.54. The van der Waals surface area contributed by atoms with E-state index in [1.54, 1.807) is 19.2 Å². The molecule has 0 aliphatic carbocycles. The van der Waals surface area contributed by atoms with Gasteiger partial charge >= 0.3 is 0 Å².